The van der Waals surface area contributed by atoms with Crippen LogP contribution in [-0.4, -0.2) is 38.2 Å². The largest absolute Gasteiger partial charge is 0.557 e. The summed E-state index contributed by atoms with van der Waals surface area (Å²) < 4.78 is 5.07. The van der Waals surface area contributed by atoms with Gasteiger partial charge < -0.3 is 15.1 Å². The van der Waals surface area contributed by atoms with Gasteiger partial charge in [-0.05, 0) is 24.4 Å². The lowest BCUT2D eigenvalue weighted by atomic mass is 9.72. The van der Waals surface area contributed by atoms with Crippen molar-refractivity contribution in [1.82, 2.24) is 5.32 Å². The highest BCUT2D eigenvalue weighted by molar-refractivity contribution is 6.32. The zero-order chi connectivity index (χ0) is 14.8. The standard InChI is InChI=1S/C15H25BN2O2/c1-12(2)9-18-10-15(19)14(16-20-11-17)8-13-6-4-3-5-7-13/h3-7,11-12,14-19H,8-10H2,1-2H3/t14-,15+/m0/s1. The van der Waals surface area contributed by atoms with Gasteiger partial charge in [0.15, 0.2) is 0 Å². The number of aliphatic hydroxyl groups is 1. The van der Waals surface area contributed by atoms with Gasteiger partial charge in [-0.25, -0.2) is 0 Å². The molecule has 3 N–H and O–H groups in total. The van der Waals surface area contributed by atoms with Crippen LogP contribution in [0.4, 0.5) is 0 Å². The van der Waals surface area contributed by atoms with E-state index < -0.39 is 6.10 Å². The molecule has 4 nitrogen and oxygen atoms in total. The number of hydrogen-bond donors (Lipinski definition) is 3. The Kier molecular flexibility index (Phi) is 8.00. The number of nitrogens with one attached hydrogen (secondary N) is 2. The van der Waals surface area contributed by atoms with Crippen molar-refractivity contribution in [2.75, 3.05) is 13.1 Å². The Hall–Kier alpha value is -1.33. The molecule has 0 amide bonds. The SMILES string of the molecule is CC(C)CNC[C@@H](O)[C@@H](BOC=N)Cc1ccccc1. The van der Waals surface area contributed by atoms with Crippen molar-refractivity contribution in [3.05, 3.63) is 35.9 Å². The molecule has 0 aromatic heterocycles. The second kappa shape index (κ2) is 9.56. The van der Waals surface area contributed by atoms with Crippen molar-refractivity contribution in [2.45, 2.75) is 32.2 Å². The summed E-state index contributed by atoms with van der Waals surface area (Å²) in [6.45, 7) is 5.72. The van der Waals surface area contributed by atoms with Crippen LogP contribution in [0.2, 0.25) is 5.82 Å². The van der Waals surface area contributed by atoms with E-state index in [1.165, 1.54) is 5.56 Å². The van der Waals surface area contributed by atoms with Gasteiger partial charge in [0, 0.05) is 12.4 Å². The van der Waals surface area contributed by atoms with Gasteiger partial charge in [-0.2, -0.15) is 0 Å². The van der Waals surface area contributed by atoms with Crippen LogP contribution >= 0.6 is 0 Å². The number of rotatable bonds is 10. The molecule has 0 aliphatic carbocycles. The molecule has 0 saturated heterocycles. The first-order chi connectivity index (χ1) is 9.63. The molecular formula is C15H25BN2O2. The Morgan fingerprint density at radius 1 is 1.30 bits per heavy atom. The van der Waals surface area contributed by atoms with Crippen LogP contribution in [0.1, 0.15) is 19.4 Å². The number of aliphatic hydroxyl groups excluding tert-OH is 1. The minimum absolute atomic E-state index is 0.0151. The maximum Gasteiger partial charge on any atom is 0.347 e. The van der Waals surface area contributed by atoms with Crippen molar-refractivity contribution >= 4 is 13.9 Å². The smallest absolute Gasteiger partial charge is 0.347 e. The van der Waals surface area contributed by atoms with E-state index in [0.29, 0.717) is 19.9 Å². The Balaban J connectivity index is 2.51. The average molecular weight is 276 g/mol. The van der Waals surface area contributed by atoms with E-state index in [-0.39, 0.29) is 5.82 Å². The van der Waals surface area contributed by atoms with Crippen LogP contribution < -0.4 is 5.32 Å². The van der Waals surface area contributed by atoms with Gasteiger partial charge in [0.05, 0.1) is 6.10 Å². The minimum atomic E-state index is -0.478. The highest BCUT2D eigenvalue weighted by atomic mass is 16.4. The highest BCUT2D eigenvalue weighted by Gasteiger charge is 2.22. The molecule has 0 saturated carbocycles. The van der Waals surface area contributed by atoms with Gasteiger partial charge in [-0.1, -0.05) is 44.2 Å². The quantitative estimate of drug-likeness (QED) is 0.345. The van der Waals surface area contributed by atoms with E-state index in [9.17, 15) is 5.11 Å². The topological polar surface area (TPSA) is 65.3 Å². The lowest BCUT2D eigenvalue weighted by Crippen LogP contribution is -2.35. The van der Waals surface area contributed by atoms with E-state index >= 15 is 0 Å². The third-order valence-electron chi connectivity index (χ3n) is 3.18. The number of benzene rings is 1. The molecule has 1 aromatic carbocycles. The zero-order valence-corrected chi connectivity index (χ0v) is 12.4. The summed E-state index contributed by atoms with van der Waals surface area (Å²) in [7, 11) is 0.364. The van der Waals surface area contributed by atoms with Crippen LogP contribution in [0.15, 0.2) is 30.3 Å². The van der Waals surface area contributed by atoms with Crippen LogP contribution in [0.3, 0.4) is 0 Å². The second-order valence-electron chi connectivity index (χ2n) is 5.52. The lowest BCUT2D eigenvalue weighted by molar-refractivity contribution is 0.157. The first-order valence-electron chi connectivity index (χ1n) is 7.16. The third-order valence-corrected chi connectivity index (χ3v) is 3.18. The minimum Gasteiger partial charge on any atom is -0.557 e. The van der Waals surface area contributed by atoms with Crippen LogP contribution in [0, 0.1) is 11.3 Å². The molecule has 1 rings (SSSR count). The molecule has 0 aliphatic heterocycles. The molecule has 20 heavy (non-hydrogen) atoms. The van der Waals surface area contributed by atoms with Crippen molar-refractivity contribution < 1.29 is 9.76 Å². The van der Waals surface area contributed by atoms with Gasteiger partial charge in [0.25, 0.3) is 0 Å². The predicted molar refractivity (Wildman–Crippen MR) is 84.6 cm³/mol. The van der Waals surface area contributed by atoms with E-state index in [2.05, 4.69) is 19.2 Å². The third kappa shape index (κ3) is 6.73. The van der Waals surface area contributed by atoms with Gasteiger partial charge in [0.1, 0.15) is 6.40 Å². The summed E-state index contributed by atoms with van der Waals surface area (Å²) in [4.78, 5) is 0. The number of hydrogen-bond acceptors (Lipinski definition) is 4. The summed E-state index contributed by atoms with van der Waals surface area (Å²) >= 11 is 0. The molecule has 5 heteroatoms. The fourth-order valence-corrected chi connectivity index (χ4v) is 2.08. The van der Waals surface area contributed by atoms with Crippen molar-refractivity contribution in [3.8, 4) is 0 Å². The summed E-state index contributed by atoms with van der Waals surface area (Å²) in [6.07, 6.45) is 1.21. The van der Waals surface area contributed by atoms with E-state index in [0.717, 1.165) is 19.4 Å². The Bertz CT molecular complexity index is 373. The van der Waals surface area contributed by atoms with Gasteiger partial charge in [-0.3, -0.25) is 5.41 Å². The van der Waals surface area contributed by atoms with E-state index in [4.69, 9.17) is 10.1 Å². The molecule has 2 atom stereocenters. The van der Waals surface area contributed by atoms with Gasteiger partial charge in [-0.15, -0.1) is 0 Å². The monoisotopic (exact) mass is 276 g/mol. The molecule has 0 radical (unpaired) electrons. The molecule has 110 valence electrons. The van der Waals surface area contributed by atoms with Crippen LogP contribution in [0.25, 0.3) is 0 Å². The maximum atomic E-state index is 10.3. The molecule has 0 unspecified atom stereocenters. The summed E-state index contributed by atoms with van der Waals surface area (Å²) in [5, 5.41) is 20.5. The normalized spacial score (nSPS) is 13.8. The molecule has 0 bridgehead atoms. The zero-order valence-electron chi connectivity index (χ0n) is 12.4. The Morgan fingerprint density at radius 2 is 2.00 bits per heavy atom. The molecule has 0 heterocycles. The summed E-state index contributed by atoms with van der Waals surface area (Å²) in [5.41, 5.74) is 1.17. The Morgan fingerprint density at radius 3 is 2.60 bits per heavy atom. The molecular weight excluding hydrogens is 251 g/mol. The maximum absolute atomic E-state index is 10.3. The van der Waals surface area contributed by atoms with E-state index in [1.54, 1.807) is 0 Å². The highest BCUT2D eigenvalue weighted by Crippen LogP contribution is 2.17. The van der Waals surface area contributed by atoms with Crippen LogP contribution in [0.5, 0.6) is 0 Å². The Labute approximate surface area is 122 Å². The second-order valence-corrected chi connectivity index (χ2v) is 5.52. The molecule has 0 aliphatic rings. The average Bonchev–Trinajstić information content (AvgIpc) is 2.44. The molecule has 0 spiro atoms. The first kappa shape index (κ1) is 16.7. The summed E-state index contributed by atoms with van der Waals surface area (Å²) in [5.74, 6) is 0.547. The van der Waals surface area contributed by atoms with Gasteiger partial charge >= 0.3 is 7.48 Å². The fraction of sp³-hybridized carbons (Fsp3) is 0.533. The fourth-order valence-electron chi connectivity index (χ4n) is 2.08. The first-order valence-corrected chi connectivity index (χ1v) is 7.16. The molecule has 1 aromatic rings. The lowest BCUT2D eigenvalue weighted by Gasteiger charge is -2.22. The molecule has 0 fully saturated rings. The van der Waals surface area contributed by atoms with Crippen molar-refractivity contribution in [3.63, 3.8) is 0 Å². The van der Waals surface area contributed by atoms with E-state index in [1.807, 2.05) is 30.3 Å². The van der Waals surface area contributed by atoms with Crippen molar-refractivity contribution in [1.29, 1.82) is 5.41 Å². The van der Waals surface area contributed by atoms with Crippen molar-refractivity contribution in [2.24, 2.45) is 5.92 Å². The van der Waals surface area contributed by atoms with Crippen LogP contribution in [-0.2, 0) is 11.1 Å². The summed E-state index contributed by atoms with van der Waals surface area (Å²) in [6, 6.07) is 10.1. The predicted octanol–water partition coefficient (Wildman–Crippen LogP) is 1.60. The van der Waals surface area contributed by atoms with Gasteiger partial charge in [0.2, 0.25) is 0 Å².